The molecule has 0 saturated heterocycles. The normalized spacial score (nSPS) is 10.0. The molecular weight excluding hydrogens is 414 g/mol. The number of carbonyl (C=O) groups excluding carboxylic acids is 1. The summed E-state index contributed by atoms with van der Waals surface area (Å²) in [5.74, 6) is -0.347. The van der Waals surface area contributed by atoms with Gasteiger partial charge in [0.05, 0.1) is 19.7 Å². The molecule has 0 aliphatic rings. The maximum atomic E-state index is 11.3. The van der Waals surface area contributed by atoms with Crippen LogP contribution in [0.2, 0.25) is 10.3 Å². The first kappa shape index (κ1) is 17.3. The minimum Gasteiger partial charge on any atom is -1.00 e. The van der Waals surface area contributed by atoms with Gasteiger partial charge in [0.25, 0.3) is 10.3 Å². The van der Waals surface area contributed by atoms with Crippen LogP contribution >= 0.6 is 23.2 Å². The molecule has 0 spiro atoms. The molecule has 1 heterocycles. The summed E-state index contributed by atoms with van der Waals surface area (Å²) in [4.78, 5) is 11.3. The SMILES string of the molecule is COC(=O)c1ccc(Cn2c[n+](C)c(Cl)c2Cl)cc1.[I-]. The maximum absolute atomic E-state index is 11.3. The molecule has 0 atom stereocenters. The largest absolute Gasteiger partial charge is 1.00 e. The zero-order valence-electron chi connectivity index (χ0n) is 10.9. The van der Waals surface area contributed by atoms with Gasteiger partial charge in [-0.3, -0.25) is 0 Å². The topological polar surface area (TPSA) is 35.1 Å². The molecule has 108 valence electrons. The van der Waals surface area contributed by atoms with Gasteiger partial charge in [-0.1, -0.05) is 12.1 Å². The molecule has 0 saturated carbocycles. The zero-order chi connectivity index (χ0) is 14.0. The van der Waals surface area contributed by atoms with Crippen molar-refractivity contribution in [3.8, 4) is 0 Å². The summed E-state index contributed by atoms with van der Waals surface area (Å²) in [5, 5.41) is 0.981. The molecular formula is C13H13Cl2IN2O2. The highest BCUT2D eigenvalue weighted by Gasteiger charge is 2.17. The van der Waals surface area contributed by atoms with E-state index in [0.717, 1.165) is 5.56 Å². The summed E-state index contributed by atoms with van der Waals surface area (Å²) >= 11 is 12.1. The number of benzene rings is 1. The summed E-state index contributed by atoms with van der Waals surface area (Å²) in [6.07, 6.45) is 1.82. The standard InChI is InChI=1S/C13H13Cl2N2O2.HI/c1-16-8-17(12(15)11(16)14)7-9-3-5-10(6-4-9)13(18)19-2;/h3-6,8H,7H2,1-2H3;1H/q+1;/p-1. The van der Waals surface area contributed by atoms with Crippen LogP contribution in [-0.4, -0.2) is 17.6 Å². The van der Waals surface area contributed by atoms with E-state index in [0.29, 0.717) is 22.4 Å². The van der Waals surface area contributed by atoms with Crippen molar-refractivity contribution < 1.29 is 38.1 Å². The molecule has 0 radical (unpaired) electrons. The molecule has 0 aliphatic carbocycles. The van der Waals surface area contributed by atoms with E-state index in [-0.39, 0.29) is 29.9 Å². The molecule has 7 heteroatoms. The fourth-order valence-electron chi connectivity index (χ4n) is 1.75. The highest BCUT2D eigenvalue weighted by Crippen LogP contribution is 2.19. The molecule has 0 amide bonds. The van der Waals surface area contributed by atoms with Crippen molar-refractivity contribution in [1.82, 2.24) is 4.57 Å². The van der Waals surface area contributed by atoms with E-state index in [4.69, 9.17) is 23.2 Å². The number of hydrogen-bond acceptors (Lipinski definition) is 2. The van der Waals surface area contributed by atoms with Gasteiger partial charge in [-0.25, -0.2) is 13.9 Å². The number of esters is 1. The molecule has 0 bridgehead atoms. The number of halogens is 3. The zero-order valence-corrected chi connectivity index (χ0v) is 14.6. The number of imidazole rings is 1. The molecule has 20 heavy (non-hydrogen) atoms. The first-order chi connectivity index (χ1) is 9.02. The highest BCUT2D eigenvalue weighted by atomic mass is 127. The molecule has 2 aromatic rings. The highest BCUT2D eigenvalue weighted by molar-refractivity contribution is 6.39. The smallest absolute Gasteiger partial charge is 0.337 e. The van der Waals surface area contributed by atoms with Crippen molar-refractivity contribution in [2.45, 2.75) is 6.54 Å². The van der Waals surface area contributed by atoms with Gasteiger partial charge in [0, 0.05) is 0 Å². The molecule has 0 fully saturated rings. The van der Waals surface area contributed by atoms with E-state index in [1.807, 2.05) is 30.1 Å². The molecule has 2 rings (SSSR count). The fraction of sp³-hybridized carbons (Fsp3) is 0.231. The molecule has 0 N–H and O–H groups in total. The Bertz CT molecular complexity index is 612. The minimum atomic E-state index is -0.347. The molecule has 1 aromatic carbocycles. The summed E-state index contributed by atoms with van der Waals surface area (Å²) in [6, 6.07) is 7.16. The first-order valence-electron chi connectivity index (χ1n) is 5.60. The summed E-state index contributed by atoms with van der Waals surface area (Å²) < 4.78 is 8.22. The first-order valence-corrected chi connectivity index (χ1v) is 6.35. The summed E-state index contributed by atoms with van der Waals surface area (Å²) in [7, 11) is 3.18. The third-order valence-electron chi connectivity index (χ3n) is 2.77. The molecule has 0 unspecified atom stereocenters. The number of hydrogen-bond donors (Lipinski definition) is 0. The van der Waals surface area contributed by atoms with E-state index < -0.39 is 0 Å². The Kier molecular flexibility index (Phi) is 6.29. The van der Waals surface area contributed by atoms with Crippen LogP contribution in [0.5, 0.6) is 0 Å². The third kappa shape index (κ3) is 3.65. The fourth-order valence-corrected chi connectivity index (χ4v) is 2.13. The van der Waals surface area contributed by atoms with Crippen LogP contribution in [-0.2, 0) is 18.3 Å². The van der Waals surface area contributed by atoms with Crippen molar-refractivity contribution in [2.75, 3.05) is 7.11 Å². The Morgan fingerprint density at radius 3 is 2.35 bits per heavy atom. The summed E-state index contributed by atoms with van der Waals surface area (Å²) in [6.45, 7) is 0.584. The van der Waals surface area contributed by atoms with Crippen molar-refractivity contribution in [1.29, 1.82) is 0 Å². The lowest BCUT2D eigenvalue weighted by Crippen LogP contribution is -3.00. The lowest BCUT2D eigenvalue weighted by atomic mass is 10.1. The molecule has 0 aliphatic heterocycles. The van der Waals surface area contributed by atoms with E-state index in [9.17, 15) is 4.79 Å². The van der Waals surface area contributed by atoms with Gasteiger partial charge in [0.2, 0.25) is 6.33 Å². The van der Waals surface area contributed by atoms with Crippen LogP contribution < -0.4 is 28.5 Å². The van der Waals surface area contributed by atoms with E-state index in [1.165, 1.54) is 7.11 Å². The van der Waals surface area contributed by atoms with Crippen molar-refractivity contribution in [2.24, 2.45) is 7.05 Å². The van der Waals surface area contributed by atoms with Crippen molar-refractivity contribution in [3.05, 3.63) is 52.0 Å². The number of rotatable bonds is 3. The monoisotopic (exact) mass is 426 g/mol. The van der Waals surface area contributed by atoms with Gasteiger partial charge in [-0.05, 0) is 40.9 Å². The second-order valence-electron chi connectivity index (χ2n) is 4.12. The second kappa shape index (κ2) is 7.28. The maximum Gasteiger partial charge on any atom is 0.337 e. The van der Waals surface area contributed by atoms with Gasteiger partial charge in [0.15, 0.2) is 0 Å². The van der Waals surface area contributed by atoms with Gasteiger partial charge < -0.3 is 28.7 Å². The van der Waals surface area contributed by atoms with Crippen LogP contribution in [0.15, 0.2) is 30.6 Å². The Morgan fingerprint density at radius 1 is 1.30 bits per heavy atom. The Morgan fingerprint density at radius 2 is 1.90 bits per heavy atom. The quantitative estimate of drug-likeness (QED) is 0.375. The van der Waals surface area contributed by atoms with Crippen LogP contribution in [0.3, 0.4) is 0 Å². The lowest BCUT2D eigenvalue weighted by molar-refractivity contribution is -0.668. The van der Waals surface area contributed by atoms with Crippen LogP contribution in [0, 0.1) is 0 Å². The van der Waals surface area contributed by atoms with E-state index >= 15 is 0 Å². The van der Waals surface area contributed by atoms with Gasteiger partial charge in [-0.2, -0.15) is 0 Å². The Hall–Kier alpha value is -0.790. The molecule has 1 aromatic heterocycles. The number of methoxy groups -OCH3 is 1. The van der Waals surface area contributed by atoms with Crippen molar-refractivity contribution >= 4 is 29.2 Å². The van der Waals surface area contributed by atoms with Gasteiger partial charge in [-0.15, -0.1) is 0 Å². The average Bonchev–Trinajstić information content (AvgIpc) is 2.66. The predicted octanol–water partition coefficient (Wildman–Crippen LogP) is -0.542. The van der Waals surface area contributed by atoms with Gasteiger partial charge >= 0.3 is 5.97 Å². The van der Waals surface area contributed by atoms with Crippen molar-refractivity contribution in [3.63, 3.8) is 0 Å². The number of nitrogens with zero attached hydrogens (tertiary/aromatic N) is 2. The average molecular weight is 427 g/mol. The van der Waals surface area contributed by atoms with Gasteiger partial charge in [0.1, 0.15) is 6.54 Å². The number of aromatic nitrogens is 2. The third-order valence-corrected chi connectivity index (χ3v) is 3.71. The minimum absolute atomic E-state index is 0. The number of aryl methyl sites for hydroxylation is 1. The Balaban J connectivity index is 0.00000200. The predicted molar refractivity (Wildman–Crippen MR) is 72.5 cm³/mol. The number of carbonyl (C=O) groups is 1. The van der Waals surface area contributed by atoms with Crippen LogP contribution in [0.1, 0.15) is 15.9 Å². The number of ether oxygens (including phenoxy) is 1. The Labute approximate surface area is 144 Å². The van der Waals surface area contributed by atoms with E-state index in [2.05, 4.69) is 4.74 Å². The second-order valence-corrected chi connectivity index (χ2v) is 4.84. The van der Waals surface area contributed by atoms with Crippen LogP contribution in [0.25, 0.3) is 0 Å². The molecule has 4 nitrogen and oxygen atoms in total. The lowest BCUT2D eigenvalue weighted by Gasteiger charge is -2.01. The summed E-state index contributed by atoms with van der Waals surface area (Å²) in [5.41, 5.74) is 1.54. The van der Waals surface area contributed by atoms with E-state index in [1.54, 1.807) is 16.7 Å². The van der Waals surface area contributed by atoms with Crippen LogP contribution in [0.4, 0.5) is 0 Å².